The first-order valence-electron chi connectivity index (χ1n) is 4.42. The van der Waals surface area contributed by atoms with Crippen LogP contribution in [0.25, 0.3) is 0 Å². The highest BCUT2D eigenvalue weighted by molar-refractivity contribution is 8.00. The summed E-state index contributed by atoms with van der Waals surface area (Å²) in [6, 6.07) is 2.17. The molecule has 0 spiro atoms. The second-order valence-corrected chi connectivity index (χ2v) is 5.21. The number of carbonyl (C=O) groups is 1. The molecule has 0 rings (SSSR count). The van der Waals surface area contributed by atoms with Gasteiger partial charge in [0.25, 0.3) is 0 Å². The average molecular weight is 233 g/mol. The van der Waals surface area contributed by atoms with E-state index >= 15 is 0 Å². The molecular formula is C9H15NO2S2. The molecule has 0 saturated carbocycles. The zero-order valence-electron chi connectivity index (χ0n) is 8.19. The smallest absolute Gasteiger partial charge is 0.303 e. The van der Waals surface area contributed by atoms with Crippen molar-refractivity contribution in [3.8, 4) is 6.07 Å². The van der Waals surface area contributed by atoms with E-state index in [2.05, 4.69) is 18.7 Å². The summed E-state index contributed by atoms with van der Waals surface area (Å²) in [5, 5.41) is 17.4. The number of thiol groups is 1. The van der Waals surface area contributed by atoms with Crippen molar-refractivity contribution in [1.29, 1.82) is 5.26 Å². The quantitative estimate of drug-likeness (QED) is 0.522. The van der Waals surface area contributed by atoms with Gasteiger partial charge in [0.1, 0.15) is 4.75 Å². The predicted molar refractivity (Wildman–Crippen MR) is 61.8 cm³/mol. The summed E-state index contributed by atoms with van der Waals surface area (Å²) in [4.78, 5) is 10.4. The van der Waals surface area contributed by atoms with Crippen molar-refractivity contribution in [2.24, 2.45) is 0 Å². The maximum Gasteiger partial charge on any atom is 0.303 e. The zero-order valence-corrected chi connectivity index (χ0v) is 9.90. The molecule has 0 heterocycles. The van der Waals surface area contributed by atoms with Crippen LogP contribution in [0.5, 0.6) is 0 Å². The number of aliphatic carboxylic acids is 1. The Labute approximate surface area is 94.3 Å². The van der Waals surface area contributed by atoms with Gasteiger partial charge in [-0.2, -0.15) is 17.9 Å². The van der Waals surface area contributed by atoms with Crippen LogP contribution in [0.15, 0.2) is 0 Å². The molecule has 3 nitrogen and oxygen atoms in total. The zero-order chi connectivity index (χ0) is 11.0. The van der Waals surface area contributed by atoms with E-state index in [1.165, 1.54) is 11.8 Å². The summed E-state index contributed by atoms with van der Waals surface area (Å²) < 4.78 is -0.568. The van der Waals surface area contributed by atoms with Crippen LogP contribution < -0.4 is 0 Å². The Morgan fingerprint density at radius 1 is 1.71 bits per heavy atom. The molecule has 0 saturated heterocycles. The van der Waals surface area contributed by atoms with Crippen LogP contribution in [-0.2, 0) is 4.79 Å². The summed E-state index contributed by atoms with van der Waals surface area (Å²) in [7, 11) is 0. The van der Waals surface area contributed by atoms with Crippen LogP contribution in [0.1, 0.15) is 26.2 Å². The Kier molecular flexibility index (Phi) is 6.85. The fourth-order valence-electron chi connectivity index (χ4n) is 0.868. The van der Waals surface area contributed by atoms with E-state index in [1.807, 2.05) is 0 Å². The highest BCUT2D eigenvalue weighted by Crippen LogP contribution is 2.29. The minimum absolute atomic E-state index is 0.0535. The first-order valence-corrected chi connectivity index (χ1v) is 6.04. The molecule has 1 N–H and O–H groups in total. The van der Waals surface area contributed by atoms with Crippen LogP contribution in [-0.4, -0.2) is 27.3 Å². The summed E-state index contributed by atoms with van der Waals surface area (Å²) in [6.07, 6.45) is 1.39. The average Bonchev–Trinajstić information content (AvgIpc) is 2.15. The van der Waals surface area contributed by atoms with Crippen LogP contribution in [0.2, 0.25) is 0 Å². The number of rotatable bonds is 7. The van der Waals surface area contributed by atoms with Crippen molar-refractivity contribution in [2.45, 2.75) is 30.9 Å². The van der Waals surface area contributed by atoms with Crippen LogP contribution in [0, 0.1) is 11.3 Å². The molecule has 0 aliphatic rings. The fourth-order valence-corrected chi connectivity index (χ4v) is 2.29. The molecule has 1 atom stereocenters. The van der Waals surface area contributed by atoms with Gasteiger partial charge in [-0.05, 0) is 31.3 Å². The lowest BCUT2D eigenvalue weighted by atomic mass is 10.1. The predicted octanol–water partition coefficient (Wildman–Crippen LogP) is 2.19. The normalized spacial score (nSPS) is 14.4. The molecule has 80 valence electrons. The van der Waals surface area contributed by atoms with Gasteiger partial charge in [0.2, 0.25) is 0 Å². The van der Waals surface area contributed by atoms with Gasteiger partial charge in [0.05, 0.1) is 6.07 Å². The lowest BCUT2D eigenvalue weighted by molar-refractivity contribution is -0.137. The van der Waals surface area contributed by atoms with Gasteiger partial charge in [-0.1, -0.05) is 0 Å². The number of nitrogens with zero attached hydrogens (tertiary/aromatic N) is 1. The highest BCUT2D eigenvalue weighted by atomic mass is 32.2. The second-order valence-electron chi connectivity index (χ2n) is 3.16. The first-order chi connectivity index (χ1) is 6.54. The number of carboxylic acids is 1. The van der Waals surface area contributed by atoms with Crippen LogP contribution >= 0.6 is 24.4 Å². The Morgan fingerprint density at radius 3 is 2.79 bits per heavy atom. The standard InChI is InChI=1S/C9H15NO2S2/c1-9(7-10,4-3-8(11)12)14-6-2-5-13/h13H,2-6H2,1H3,(H,11,12). The Bertz CT molecular complexity index is 227. The SMILES string of the molecule is CC(C#N)(CCC(=O)O)SCCCS. The van der Waals surface area contributed by atoms with Crippen molar-refractivity contribution >= 4 is 30.4 Å². The topological polar surface area (TPSA) is 61.1 Å². The number of thioether (sulfide) groups is 1. The molecule has 0 aliphatic heterocycles. The number of nitriles is 1. The van der Waals surface area contributed by atoms with E-state index in [0.717, 1.165) is 17.9 Å². The fraction of sp³-hybridized carbons (Fsp3) is 0.778. The van der Waals surface area contributed by atoms with Gasteiger partial charge in [-0.3, -0.25) is 4.79 Å². The third-order valence-electron chi connectivity index (χ3n) is 1.78. The third-order valence-corrected chi connectivity index (χ3v) is 3.52. The van der Waals surface area contributed by atoms with Crippen LogP contribution in [0.3, 0.4) is 0 Å². The van der Waals surface area contributed by atoms with Crippen molar-refractivity contribution in [2.75, 3.05) is 11.5 Å². The van der Waals surface area contributed by atoms with Crippen molar-refractivity contribution < 1.29 is 9.90 Å². The molecule has 0 aromatic rings. The summed E-state index contributed by atoms with van der Waals surface area (Å²) in [6.45, 7) is 1.79. The van der Waals surface area contributed by atoms with Gasteiger partial charge in [0, 0.05) is 6.42 Å². The van der Waals surface area contributed by atoms with E-state index in [4.69, 9.17) is 10.4 Å². The molecule has 0 fully saturated rings. The molecular weight excluding hydrogens is 218 g/mol. The van der Waals surface area contributed by atoms with E-state index in [-0.39, 0.29) is 6.42 Å². The molecule has 0 radical (unpaired) electrons. The monoisotopic (exact) mass is 233 g/mol. The van der Waals surface area contributed by atoms with Gasteiger partial charge >= 0.3 is 5.97 Å². The Balaban J connectivity index is 3.93. The summed E-state index contributed by atoms with van der Waals surface area (Å²) >= 11 is 5.59. The largest absolute Gasteiger partial charge is 0.481 e. The second kappa shape index (κ2) is 7.02. The molecule has 0 amide bonds. The summed E-state index contributed by atoms with van der Waals surface area (Å²) in [5.74, 6) is 0.807. The van der Waals surface area contributed by atoms with Gasteiger partial charge in [0.15, 0.2) is 0 Å². The highest BCUT2D eigenvalue weighted by Gasteiger charge is 2.24. The molecule has 0 aromatic heterocycles. The maximum absolute atomic E-state index is 10.4. The van der Waals surface area contributed by atoms with Crippen LogP contribution in [0.4, 0.5) is 0 Å². The van der Waals surface area contributed by atoms with Gasteiger partial charge in [-0.15, -0.1) is 11.8 Å². The van der Waals surface area contributed by atoms with Crippen molar-refractivity contribution in [3.05, 3.63) is 0 Å². The maximum atomic E-state index is 10.4. The Morgan fingerprint density at radius 2 is 2.36 bits per heavy atom. The molecule has 14 heavy (non-hydrogen) atoms. The van der Waals surface area contributed by atoms with Crippen molar-refractivity contribution in [1.82, 2.24) is 0 Å². The minimum Gasteiger partial charge on any atom is -0.481 e. The van der Waals surface area contributed by atoms with E-state index < -0.39 is 10.7 Å². The molecule has 0 aromatic carbocycles. The van der Waals surface area contributed by atoms with Gasteiger partial charge < -0.3 is 5.11 Å². The van der Waals surface area contributed by atoms with E-state index in [0.29, 0.717) is 6.42 Å². The van der Waals surface area contributed by atoms with E-state index in [9.17, 15) is 4.79 Å². The molecule has 1 unspecified atom stereocenters. The van der Waals surface area contributed by atoms with E-state index in [1.54, 1.807) is 6.92 Å². The number of carboxylic acid groups (broad SMARTS) is 1. The Hall–Kier alpha value is -0.340. The first kappa shape index (κ1) is 13.7. The van der Waals surface area contributed by atoms with Crippen molar-refractivity contribution in [3.63, 3.8) is 0 Å². The minimum atomic E-state index is -0.846. The van der Waals surface area contributed by atoms with Gasteiger partial charge in [-0.25, -0.2) is 0 Å². The summed E-state index contributed by atoms with van der Waals surface area (Å²) in [5.41, 5.74) is 0. The number of hydrogen-bond acceptors (Lipinski definition) is 4. The molecule has 0 aliphatic carbocycles. The molecule has 5 heteroatoms. The molecule has 0 bridgehead atoms. The number of hydrogen-bond donors (Lipinski definition) is 2. The lowest BCUT2D eigenvalue weighted by Gasteiger charge is -2.19. The lowest BCUT2D eigenvalue weighted by Crippen LogP contribution is -2.19. The third kappa shape index (κ3) is 6.17.